The third kappa shape index (κ3) is 13.2. The lowest BCUT2D eigenvalue weighted by atomic mass is 9.80. The normalized spacial score (nSPS) is 22.6. The van der Waals surface area contributed by atoms with Crippen molar-refractivity contribution in [1.29, 1.82) is 0 Å². The summed E-state index contributed by atoms with van der Waals surface area (Å²) in [6.45, 7) is 2.25. The van der Waals surface area contributed by atoms with Gasteiger partial charge in [-0.05, 0) is 31.6 Å². The van der Waals surface area contributed by atoms with Crippen molar-refractivity contribution in [2.24, 2.45) is 5.92 Å². The SMILES string of the molecule is CCCCCCCCCCCCCC=C1CC[C@@H](CC(=O)O)[C@H](O)[C@H]1SCCC(=O)O. The molecule has 6 heteroatoms. The highest BCUT2D eigenvalue weighted by atomic mass is 32.2. The van der Waals surface area contributed by atoms with E-state index in [2.05, 4.69) is 13.0 Å². The van der Waals surface area contributed by atoms with Gasteiger partial charge < -0.3 is 15.3 Å². The van der Waals surface area contributed by atoms with Gasteiger partial charge in [0.15, 0.2) is 0 Å². The molecule has 0 aromatic carbocycles. The van der Waals surface area contributed by atoms with E-state index in [1.165, 1.54) is 81.5 Å². The fraction of sp³-hybridized carbons (Fsp3) is 0.840. The average molecular weight is 457 g/mol. The number of unbranched alkanes of at least 4 members (excludes halogenated alkanes) is 11. The van der Waals surface area contributed by atoms with Crippen LogP contribution in [0.25, 0.3) is 0 Å². The van der Waals surface area contributed by atoms with Crippen molar-refractivity contribution in [2.45, 2.75) is 121 Å². The first-order chi connectivity index (χ1) is 15.0. The number of carbonyl (C=O) groups is 2. The van der Waals surface area contributed by atoms with E-state index in [1.807, 2.05) is 0 Å². The maximum absolute atomic E-state index is 11.1. The molecule has 3 atom stereocenters. The zero-order chi connectivity index (χ0) is 22.9. The number of hydrogen-bond acceptors (Lipinski definition) is 4. The van der Waals surface area contributed by atoms with Gasteiger partial charge in [-0.1, -0.05) is 82.8 Å². The molecule has 180 valence electrons. The maximum atomic E-state index is 11.1. The van der Waals surface area contributed by atoms with E-state index in [0.717, 1.165) is 19.3 Å². The van der Waals surface area contributed by atoms with Gasteiger partial charge in [-0.15, -0.1) is 0 Å². The summed E-state index contributed by atoms with van der Waals surface area (Å²) in [5.41, 5.74) is 1.18. The van der Waals surface area contributed by atoms with Crippen molar-refractivity contribution < 1.29 is 24.9 Å². The molecule has 1 aliphatic rings. The summed E-state index contributed by atoms with van der Waals surface area (Å²) in [5, 5.41) is 28.6. The van der Waals surface area contributed by atoms with Crippen LogP contribution in [-0.4, -0.2) is 44.4 Å². The molecule has 0 heterocycles. The Morgan fingerprint density at radius 1 is 0.935 bits per heavy atom. The van der Waals surface area contributed by atoms with E-state index in [1.54, 1.807) is 0 Å². The minimum Gasteiger partial charge on any atom is -0.481 e. The Hall–Kier alpha value is -1.01. The maximum Gasteiger partial charge on any atom is 0.304 e. The van der Waals surface area contributed by atoms with Crippen LogP contribution in [0.2, 0.25) is 0 Å². The van der Waals surface area contributed by atoms with Gasteiger partial charge in [0.05, 0.1) is 24.2 Å². The highest BCUT2D eigenvalue weighted by molar-refractivity contribution is 8.00. The van der Waals surface area contributed by atoms with Crippen molar-refractivity contribution >= 4 is 23.7 Å². The lowest BCUT2D eigenvalue weighted by Gasteiger charge is -2.36. The number of aliphatic carboxylic acids is 2. The summed E-state index contributed by atoms with van der Waals surface area (Å²) < 4.78 is 0. The van der Waals surface area contributed by atoms with Crippen molar-refractivity contribution in [3.8, 4) is 0 Å². The topological polar surface area (TPSA) is 94.8 Å². The van der Waals surface area contributed by atoms with Crippen molar-refractivity contribution in [3.63, 3.8) is 0 Å². The molecule has 0 saturated heterocycles. The Morgan fingerprint density at radius 3 is 2.06 bits per heavy atom. The summed E-state index contributed by atoms with van der Waals surface area (Å²) in [4.78, 5) is 21.9. The minimum atomic E-state index is -0.883. The molecule has 0 aliphatic heterocycles. The van der Waals surface area contributed by atoms with Crippen LogP contribution in [0.15, 0.2) is 11.6 Å². The van der Waals surface area contributed by atoms with Crippen LogP contribution in [0.5, 0.6) is 0 Å². The van der Waals surface area contributed by atoms with E-state index < -0.39 is 18.0 Å². The van der Waals surface area contributed by atoms with E-state index in [9.17, 15) is 14.7 Å². The fourth-order valence-electron chi connectivity index (χ4n) is 4.37. The Labute approximate surface area is 193 Å². The van der Waals surface area contributed by atoms with Crippen molar-refractivity contribution in [3.05, 3.63) is 11.6 Å². The number of carboxylic acids is 2. The van der Waals surface area contributed by atoms with Crippen molar-refractivity contribution in [1.82, 2.24) is 0 Å². The van der Waals surface area contributed by atoms with Gasteiger partial charge >= 0.3 is 11.9 Å². The highest BCUT2D eigenvalue weighted by Crippen LogP contribution is 2.38. The molecule has 0 radical (unpaired) electrons. The van der Waals surface area contributed by atoms with Crippen LogP contribution in [-0.2, 0) is 9.59 Å². The second-order valence-corrected chi connectivity index (χ2v) is 10.2. The Bertz CT molecular complexity index is 534. The monoisotopic (exact) mass is 456 g/mol. The number of carboxylic acid groups (broad SMARTS) is 2. The van der Waals surface area contributed by atoms with Crippen LogP contribution in [0, 0.1) is 5.92 Å². The first kappa shape index (κ1) is 28.0. The number of thioether (sulfide) groups is 1. The zero-order valence-electron chi connectivity index (χ0n) is 19.4. The van der Waals surface area contributed by atoms with Gasteiger partial charge in [0.25, 0.3) is 0 Å². The molecule has 0 unspecified atom stereocenters. The highest BCUT2D eigenvalue weighted by Gasteiger charge is 2.36. The van der Waals surface area contributed by atoms with Crippen LogP contribution >= 0.6 is 11.8 Å². The summed E-state index contributed by atoms with van der Waals surface area (Å²) in [7, 11) is 0. The molecular formula is C25H44O5S. The fourth-order valence-corrected chi connectivity index (χ4v) is 5.77. The van der Waals surface area contributed by atoms with Crippen LogP contribution in [0.1, 0.15) is 110 Å². The van der Waals surface area contributed by atoms with E-state index >= 15 is 0 Å². The second kappa shape index (κ2) is 17.5. The number of rotatable bonds is 18. The third-order valence-corrected chi connectivity index (χ3v) is 7.61. The van der Waals surface area contributed by atoms with E-state index in [-0.39, 0.29) is 24.0 Å². The first-order valence-electron chi connectivity index (χ1n) is 12.4. The molecule has 0 amide bonds. The van der Waals surface area contributed by atoms with Gasteiger partial charge in [0.1, 0.15) is 0 Å². The Kier molecular flexibility index (Phi) is 15.9. The lowest BCUT2D eigenvalue weighted by Crippen LogP contribution is -2.38. The lowest BCUT2D eigenvalue weighted by molar-refractivity contribution is -0.139. The summed E-state index contributed by atoms with van der Waals surface area (Å²) >= 11 is 1.46. The molecule has 0 bridgehead atoms. The Morgan fingerprint density at radius 2 is 1.52 bits per heavy atom. The molecule has 0 aromatic heterocycles. The molecule has 1 saturated carbocycles. The molecule has 0 spiro atoms. The number of allylic oxidation sites excluding steroid dienone is 1. The summed E-state index contributed by atoms with van der Waals surface area (Å²) in [5.74, 6) is -1.54. The summed E-state index contributed by atoms with van der Waals surface area (Å²) in [6, 6.07) is 0. The molecule has 1 rings (SSSR count). The minimum absolute atomic E-state index is 0.0248. The molecule has 0 aromatic rings. The van der Waals surface area contributed by atoms with Gasteiger partial charge in [-0.25, -0.2) is 0 Å². The molecule has 5 nitrogen and oxygen atoms in total. The quantitative estimate of drug-likeness (QED) is 0.162. The molecule has 1 aliphatic carbocycles. The third-order valence-electron chi connectivity index (χ3n) is 6.23. The standard InChI is InChI=1S/C25H44O5S/c1-2-3-4-5-6-7-8-9-10-11-12-13-14-20-15-16-21(19-23(28)29)24(30)25(20)31-18-17-22(26)27/h14,21,24-25,30H,2-13,15-19H2,1H3,(H,26,27)(H,28,29)/t21-,24-,25-/m0/s1. The smallest absolute Gasteiger partial charge is 0.304 e. The molecule has 1 fully saturated rings. The number of aliphatic hydroxyl groups excluding tert-OH is 1. The predicted octanol–water partition coefficient (Wildman–Crippen LogP) is 6.44. The number of aliphatic hydroxyl groups is 1. The Balaban J connectivity index is 2.32. The number of hydrogen-bond donors (Lipinski definition) is 3. The molecule has 31 heavy (non-hydrogen) atoms. The first-order valence-corrected chi connectivity index (χ1v) is 13.4. The largest absolute Gasteiger partial charge is 0.481 e. The van der Waals surface area contributed by atoms with Crippen LogP contribution < -0.4 is 0 Å². The van der Waals surface area contributed by atoms with E-state index in [0.29, 0.717) is 12.2 Å². The van der Waals surface area contributed by atoms with Gasteiger partial charge in [0.2, 0.25) is 0 Å². The zero-order valence-corrected chi connectivity index (χ0v) is 20.2. The van der Waals surface area contributed by atoms with Gasteiger partial charge in [-0.2, -0.15) is 11.8 Å². The molecular weight excluding hydrogens is 412 g/mol. The predicted molar refractivity (Wildman–Crippen MR) is 129 cm³/mol. The van der Waals surface area contributed by atoms with E-state index in [4.69, 9.17) is 10.2 Å². The van der Waals surface area contributed by atoms with Gasteiger partial charge in [0, 0.05) is 5.75 Å². The second-order valence-electron chi connectivity index (χ2n) is 8.93. The van der Waals surface area contributed by atoms with Crippen LogP contribution in [0.3, 0.4) is 0 Å². The average Bonchev–Trinajstić information content (AvgIpc) is 2.72. The molecule has 3 N–H and O–H groups in total. The van der Waals surface area contributed by atoms with Crippen molar-refractivity contribution in [2.75, 3.05) is 5.75 Å². The van der Waals surface area contributed by atoms with Gasteiger partial charge in [-0.3, -0.25) is 9.59 Å². The van der Waals surface area contributed by atoms with Crippen LogP contribution in [0.4, 0.5) is 0 Å². The summed E-state index contributed by atoms with van der Waals surface area (Å²) in [6.07, 6.45) is 18.5.